The number of nitrogens with zero attached hydrogens (tertiary/aromatic N) is 3. The lowest BCUT2D eigenvalue weighted by Gasteiger charge is -2.13. The van der Waals surface area contributed by atoms with Crippen LogP contribution in [0, 0.1) is 0 Å². The summed E-state index contributed by atoms with van der Waals surface area (Å²) in [5.74, 6) is 0.642. The van der Waals surface area contributed by atoms with Crippen LogP contribution in [0.4, 0.5) is 5.69 Å². The zero-order valence-electron chi connectivity index (χ0n) is 12.3. The summed E-state index contributed by atoms with van der Waals surface area (Å²) in [6.45, 7) is 7.80. The van der Waals surface area contributed by atoms with Gasteiger partial charge in [-0.05, 0) is 32.4 Å². The van der Waals surface area contributed by atoms with Crippen LogP contribution in [0.2, 0.25) is 0 Å². The van der Waals surface area contributed by atoms with E-state index >= 15 is 0 Å². The lowest BCUT2D eigenvalue weighted by atomic mass is 10.3. The molecule has 0 spiro atoms. The molecule has 5 nitrogen and oxygen atoms in total. The zero-order valence-corrected chi connectivity index (χ0v) is 12.3. The van der Waals surface area contributed by atoms with Gasteiger partial charge in [0.1, 0.15) is 0 Å². The van der Waals surface area contributed by atoms with Crippen molar-refractivity contribution in [2.45, 2.75) is 46.4 Å². The van der Waals surface area contributed by atoms with Crippen molar-refractivity contribution >= 4 is 5.69 Å². The van der Waals surface area contributed by atoms with Gasteiger partial charge in [-0.25, -0.2) is 4.98 Å². The minimum absolute atomic E-state index is 0.109. The van der Waals surface area contributed by atoms with E-state index in [1.807, 2.05) is 36.9 Å². The molecule has 2 heterocycles. The fraction of sp³-hybridized carbons (Fsp3) is 0.467. The highest BCUT2D eigenvalue weighted by molar-refractivity contribution is 5.52. The van der Waals surface area contributed by atoms with Crippen molar-refractivity contribution in [3.63, 3.8) is 0 Å². The van der Waals surface area contributed by atoms with Crippen LogP contribution in [0.5, 0.6) is 5.88 Å². The third kappa shape index (κ3) is 3.98. The molecule has 0 aliphatic heterocycles. The molecule has 2 rings (SSSR count). The van der Waals surface area contributed by atoms with Crippen LogP contribution >= 0.6 is 0 Å². The molecular formula is C15H22N4O. The highest BCUT2D eigenvalue weighted by Gasteiger charge is 2.06. The smallest absolute Gasteiger partial charge is 0.237 e. The van der Waals surface area contributed by atoms with Crippen LogP contribution in [-0.4, -0.2) is 20.9 Å². The number of nitrogens with one attached hydrogen (secondary N) is 1. The summed E-state index contributed by atoms with van der Waals surface area (Å²) in [6.07, 6.45) is 6.89. The molecule has 20 heavy (non-hydrogen) atoms. The monoisotopic (exact) mass is 274 g/mol. The van der Waals surface area contributed by atoms with Crippen molar-refractivity contribution in [2.75, 3.05) is 5.32 Å². The second-order valence-electron chi connectivity index (χ2n) is 4.99. The van der Waals surface area contributed by atoms with E-state index in [2.05, 4.69) is 28.5 Å². The molecule has 2 aromatic rings. The van der Waals surface area contributed by atoms with E-state index in [0.29, 0.717) is 12.4 Å². The van der Waals surface area contributed by atoms with Gasteiger partial charge in [-0.1, -0.05) is 6.92 Å². The Morgan fingerprint density at radius 3 is 3.00 bits per heavy atom. The van der Waals surface area contributed by atoms with Gasteiger partial charge in [0.2, 0.25) is 5.88 Å². The zero-order chi connectivity index (χ0) is 14.4. The second-order valence-corrected chi connectivity index (χ2v) is 4.99. The maximum atomic E-state index is 5.68. The van der Waals surface area contributed by atoms with E-state index in [4.69, 9.17) is 4.74 Å². The molecule has 0 aliphatic rings. The lowest BCUT2D eigenvalue weighted by molar-refractivity contribution is 0.234. The number of pyridine rings is 1. The van der Waals surface area contributed by atoms with E-state index in [0.717, 1.165) is 24.2 Å². The largest absolute Gasteiger partial charge is 0.473 e. The molecule has 0 saturated heterocycles. The summed E-state index contributed by atoms with van der Waals surface area (Å²) in [6, 6.07) is 3.87. The second kappa shape index (κ2) is 6.93. The minimum Gasteiger partial charge on any atom is -0.473 e. The number of aromatic nitrogens is 3. The number of anilines is 1. The van der Waals surface area contributed by atoms with Crippen LogP contribution in [0.15, 0.2) is 30.7 Å². The Labute approximate surface area is 120 Å². The summed E-state index contributed by atoms with van der Waals surface area (Å²) in [7, 11) is 0. The Bertz CT molecular complexity index is 536. The third-order valence-corrected chi connectivity index (χ3v) is 2.74. The van der Waals surface area contributed by atoms with Crippen LogP contribution in [0.25, 0.3) is 0 Å². The van der Waals surface area contributed by atoms with Crippen molar-refractivity contribution in [1.82, 2.24) is 14.8 Å². The molecule has 1 N–H and O–H groups in total. The molecule has 0 fully saturated rings. The summed E-state index contributed by atoms with van der Waals surface area (Å²) in [5.41, 5.74) is 2.06. The number of hydrogen-bond acceptors (Lipinski definition) is 4. The van der Waals surface area contributed by atoms with Gasteiger partial charge in [0.25, 0.3) is 0 Å². The van der Waals surface area contributed by atoms with Crippen LogP contribution < -0.4 is 10.1 Å². The quantitative estimate of drug-likeness (QED) is 0.843. The first kappa shape index (κ1) is 14.4. The summed E-state index contributed by atoms with van der Waals surface area (Å²) in [5, 5.41) is 7.67. The van der Waals surface area contributed by atoms with Crippen LogP contribution in [-0.2, 0) is 13.1 Å². The molecule has 108 valence electrons. The van der Waals surface area contributed by atoms with Gasteiger partial charge < -0.3 is 10.1 Å². The summed E-state index contributed by atoms with van der Waals surface area (Å²) in [4.78, 5) is 4.26. The Morgan fingerprint density at radius 2 is 2.25 bits per heavy atom. The van der Waals surface area contributed by atoms with Gasteiger partial charge >= 0.3 is 0 Å². The average molecular weight is 274 g/mol. The lowest BCUT2D eigenvalue weighted by Crippen LogP contribution is -2.09. The average Bonchev–Trinajstić information content (AvgIpc) is 2.85. The number of ether oxygens (including phenoxy) is 1. The van der Waals surface area contributed by atoms with Crippen LogP contribution in [0.1, 0.15) is 32.8 Å². The fourth-order valence-corrected chi connectivity index (χ4v) is 1.89. The van der Waals surface area contributed by atoms with E-state index in [-0.39, 0.29) is 6.10 Å². The topological polar surface area (TPSA) is 52.0 Å². The molecule has 0 atom stereocenters. The maximum Gasteiger partial charge on any atom is 0.237 e. The summed E-state index contributed by atoms with van der Waals surface area (Å²) < 4.78 is 7.65. The van der Waals surface area contributed by atoms with E-state index in [1.54, 1.807) is 6.20 Å². The third-order valence-electron chi connectivity index (χ3n) is 2.74. The van der Waals surface area contributed by atoms with E-state index in [1.165, 1.54) is 0 Å². The first-order chi connectivity index (χ1) is 9.69. The predicted octanol–water partition coefficient (Wildman–Crippen LogP) is 3.09. The normalized spacial score (nSPS) is 10.8. The highest BCUT2D eigenvalue weighted by atomic mass is 16.5. The Morgan fingerprint density at radius 1 is 1.40 bits per heavy atom. The Kier molecular flexibility index (Phi) is 4.98. The van der Waals surface area contributed by atoms with Gasteiger partial charge in [-0.3, -0.25) is 4.68 Å². The molecule has 2 aromatic heterocycles. The first-order valence-corrected chi connectivity index (χ1v) is 7.06. The molecule has 0 saturated carbocycles. The van der Waals surface area contributed by atoms with Gasteiger partial charge in [0, 0.05) is 31.0 Å². The van der Waals surface area contributed by atoms with E-state index < -0.39 is 0 Å². The molecule has 0 unspecified atom stereocenters. The first-order valence-electron chi connectivity index (χ1n) is 7.06. The van der Waals surface area contributed by atoms with Gasteiger partial charge in [0.15, 0.2) is 0 Å². The standard InChI is InChI=1S/C15H22N4O/c1-4-8-19-11-13(10-18-19)9-17-14-6-5-7-16-15(14)20-12(2)3/h5-7,10-12,17H,4,8-9H2,1-3H3. The van der Waals surface area contributed by atoms with Crippen LogP contribution in [0.3, 0.4) is 0 Å². The predicted molar refractivity (Wildman–Crippen MR) is 79.8 cm³/mol. The molecule has 0 aromatic carbocycles. The van der Waals surface area contributed by atoms with E-state index in [9.17, 15) is 0 Å². The number of aryl methyl sites for hydroxylation is 1. The SMILES string of the molecule is CCCn1cc(CNc2cccnc2OC(C)C)cn1. The van der Waals surface area contributed by atoms with Crippen molar-refractivity contribution in [2.24, 2.45) is 0 Å². The van der Waals surface area contributed by atoms with Crippen molar-refractivity contribution in [3.8, 4) is 5.88 Å². The highest BCUT2D eigenvalue weighted by Crippen LogP contribution is 2.22. The number of hydrogen-bond donors (Lipinski definition) is 1. The van der Waals surface area contributed by atoms with Crippen molar-refractivity contribution < 1.29 is 4.74 Å². The van der Waals surface area contributed by atoms with Gasteiger partial charge in [-0.15, -0.1) is 0 Å². The molecule has 0 amide bonds. The minimum atomic E-state index is 0.109. The summed E-state index contributed by atoms with van der Waals surface area (Å²) >= 11 is 0. The Balaban J connectivity index is 1.99. The maximum absolute atomic E-state index is 5.68. The molecule has 0 bridgehead atoms. The Hall–Kier alpha value is -2.04. The molecule has 5 heteroatoms. The number of rotatable bonds is 7. The van der Waals surface area contributed by atoms with Crippen molar-refractivity contribution in [3.05, 3.63) is 36.3 Å². The fourth-order valence-electron chi connectivity index (χ4n) is 1.89. The van der Waals surface area contributed by atoms with Crippen molar-refractivity contribution in [1.29, 1.82) is 0 Å². The molecule has 0 radical (unpaired) electrons. The van der Waals surface area contributed by atoms with Gasteiger partial charge in [0.05, 0.1) is 18.0 Å². The van der Waals surface area contributed by atoms with Gasteiger partial charge in [-0.2, -0.15) is 5.10 Å². The molecule has 0 aliphatic carbocycles. The molecular weight excluding hydrogens is 252 g/mol.